The Bertz CT molecular complexity index is 390. The summed E-state index contributed by atoms with van der Waals surface area (Å²) in [5.41, 5.74) is 0. The Morgan fingerprint density at radius 3 is 1.90 bits per heavy atom. The summed E-state index contributed by atoms with van der Waals surface area (Å²) in [5, 5.41) is 1.58. The molecule has 0 spiro atoms. The Kier molecular flexibility index (Phi) is 7.16. The number of carbonyl (C=O) groups is 3. The van der Waals surface area contributed by atoms with E-state index in [1.807, 2.05) is 0 Å². The van der Waals surface area contributed by atoms with Crippen molar-refractivity contribution in [3.63, 3.8) is 0 Å². The lowest BCUT2D eigenvalue weighted by Gasteiger charge is -2.07. The lowest BCUT2D eigenvalue weighted by atomic mass is 10.2. The second kappa shape index (κ2) is 7.84. The van der Waals surface area contributed by atoms with Crippen LogP contribution in [0.25, 0.3) is 0 Å². The zero-order chi connectivity index (χ0) is 16.7. The van der Waals surface area contributed by atoms with Crippen LogP contribution in [0.5, 0.6) is 0 Å². The van der Waals surface area contributed by atoms with Gasteiger partial charge in [0.15, 0.2) is 0 Å². The molecule has 0 unspecified atom stereocenters. The Hall–Kier alpha value is -1.81. The van der Waals surface area contributed by atoms with E-state index >= 15 is 0 Å². The van der Waals surface area contributed by atoms with Crippen LogP contribution in [-0.4, -0.2) is 36.7 Å². The molecule has 0 heterocycles. The first-order valence-electron chi connectivity index (χ1n) is 5.61. The molecular formula is C10H11F6NO4. The summed E-state index contributed by atoms with van der Waals surface area (Å²) in [6.45, 7) is -0.297. The minimum atomic E-state index is -5.27. The average molecular weight is 323 g/mol. The first-order chi connectivity index (χ1) is 9.44. The van der Waals surface area contributed by atoms with Gasteiger partial charge in [0.2, 0.25) is 0 Å². The first-order valence-corrected chi connectivity index (χ1v) is 5.61. The molecule has 0 fully saturated rings. The van der Waals surface area contributed by atoms with E-state index in [-0.39, 0.29) is 25.8 Å². The van der Waals surface area contributed by atoms with Crippen molar-refractivity contribution < 1.29 is 45.5 Å². The fourth-order valence-corrected chi connectivity index (χ4v) is 1.09. The van der Waals surface area contributed by atoms with Crippen molar-refractivity contribution in [1.82, 2.24) is 5.32 Å². The van der Waals surface area contributed by atoms with Gasteiger partial charge in [0, 0.05) is 13.0 Å². The number of esters is 2. The zero-order valence-corrected chi connectivity index (χ0v) is 10.4. The fourth-order valence-electron chi connectivity index (χ4n) is 1.09. The van der Waals surface area contributed by atoms with Crippen LogP contribution in [0.4, 0.5) is 26.3 Å². The minimum absolute atomic E-state index is 0.00581. The van der Waals surface area contributed by atoms with Crippen LogP contribution in [0.3, 0.4) is 0 Å². The number of hydrogen-bond acceptors (Lipinski definition) is 4. The van der Waals surface area contributed by atoms with Gasteiger partial charge in [0.05, 0.1) is 0 Å². The molecule has 122 valence electrons. The molecule has 1 N–H and O–H groups in total. The number of hydrogen-bond donors (Lipinski definition) is 1. The van der Waals surface area contributed by atoms with Gasteiger partial charge in [-0.05, 0) is 12.8 Å². The van der Waals surface area contributed by atoms with Crippen molar-refractivity contribution >= 4 is 17.8 Å². The third-order valence-corrected chi connectivity index (χ3v) is 2.04. The van der Waals surface area contributed by atoms with Gasteiger partial charge >= 0.3 is 30.2 Å². The van der Waals surface area contributed by atoms with E-state index in [0.717, 1.165) is 0 Å². The van der Waals surface area contributed by atoms with Crippen LogP contribution in [0.1, 0.15) is 25.7 Å². The van der Waals surface area contributed by atoms with Crippen molar-refractivity contribution in [3.8, 4) is 0 Å². The molecule has 0 atom stereocenters. The highest BCUT2D eigenvalue weighted by Crippen LogP contribution is 2.17. The van der Waals surface area contributed by atoms with Crippen molar-refractivity contribution in [2.45, 2.75) is 38.0 Å². The summed E-state index contributed by atoms with van der Waals surface area (Å²) < 4.78 is 73.9. The molecule has 11 heteroatoms. The Morgan fingerprint density at radius 2 is 1.43 bits per heavy atom. The predicted octanol–water partition coefficient (Wildman–Crippen LogP) is 1.86. The maximum absolute atomic E-state index is 11.8. The Labute approximate surface area is 114 Å². The van der Waals surface area contributed by atoms with Crippen LogP contribution in [-0.2, 0) is 19.1 Å². The van der Waals surface area contributed by atoms with E-state index in [4.69, 9.17) is 0 Å². The molecule has 0 aliphatic carbocycles. The summed E-state index contributed by atoms with van der Waals surface area (Å²) in [4.78, 5) is 31.4. The zero-order valence-electron chi connectivity index (χ0n) is 10.4. The van der Waals surface area contributed by atoms with Crippen LogP contribution in [0, 0.1) is 0 Å². The number of halogens is 6. The molecule has 5 nitrogen and oxygen atoms in total. The molecule has 1 amide bonds. The van der Waals surface area contributed by atoms with Crippen molar-refractivity contribution in [3.05, 3.63) is 0 Å². The summed E-state index contributed by atoms with van der Waals surface area (Å²) in [6.07, 6.45) is -10.5. The van der Waals surface area contributed by atoms with Gasteiger partial charge in [-0.1, -0.05) is 6.42 Å². The maximum atomic E-state index is 11.8. The summed E-state index contributed by atoms with van der Waals surface area (Å²) in [6, 6.07) is 0. The molecule has 0 aliphatic heterocycles. The molecule has 0 aromatic rings. The molecule has 0 aliphatic rings. The second-order valence-electron chi connectivity index (χ2n) is 3.82. The molecule has 0 saturated heterocycles. The van der Waals surface area contributed by atoms with Gasteiger partial charge in [-0.3, -0.25) is 9.59 Å². The van der Waals surface area contributed by atoms with E-state index in [0.29, 0.717) is 0 Å². The van der Waals surface area contributed by atoms with Crippen molar-refractivity contribution in [2.75, 3.05) is 6.54 Å². The van der Waals surface area contributed by atoms with Crippen molar-refractivity contribution in [1.29, 1.82) is 0 Å². The number of ether oxygens (including phenoxy) is 1. The molecule has 0 bridgehead atoms. The quantitative estimate of drug-likeness (QED) is 0.350. The van der Waals surface area contributed by atoms with E-state index in [9.17, 15) is 40.7 Å². The minimum Gasteiger partial charge on any atom is -0.386 e. The second-order valence-corrected chi connectivity index (χ2v) is 3.82. The maximum Gasteiger partial charge on any atom is 0.491 e. The number of alkyl halides is 6. The Balaban J connectivity index is 3.71. The number of amides is 1. The smallest absolute Gasteiger partial charge is 0.386 e. The van der Waals surface area contributed by atoms with E-state index < -0.39 is 36.6 Å². The highest BCUT2D eigenvalue weighted by atomic mass is 19.4. The molecule has 0 aromatic heterocycles. The monoisotopic (exact) mass is 323 g/mol. The molecule has 0 radical (unpaired) electrons. The highest BCUT2D eigenvalue weighted by Gasteiger charge is 2.42. The van der Waals surface area contributed by atoms with E-state index in [1.54, 1.807) is 5.32 Å². The fraction of sp³-hybridized carbons (Fsp3) is 0.700. The van der Waals surface area contributed by atoms with Crippen molar-refractivity contribution in [2.24, 2.45) is 0 Å². The predicted molar refractivity (Wildman–Crippen MR) is 54.7 cm³/mol. The first kappa shape index (κ1) is 19.2. The largest absolute Gasteiger partial charge is 0.491 e. The molecular weight excluding hydrogens is 312 g/mol. The molecule has 0 rings (SSSR count). The number of rotatable bonds is 6. The molecule has 0 saturated carbocycles. The van der Waals surface area contributed by atoms with Crippen LogP contribution in [0.15, 0.2) is 0 Å². The van der Waals surface area contributed by atoms with Gasteiger partial charge in [-0.2, -0.15) is 26.3 Å². The SMILES string of the molecule is O=C(CCCCCNC(=O)C(F)(F)F)OC(=O)C(F)(F)F. The summed E-state index contributed by atoms with van der Waals surface area (Å²) in [5.74, 6) is -6.10. The normalized spacial score (nSPS) is 11.9. The number of carbonyl (C=O) groups excluding carboxylic acids is 3. The standard InChI is InChI=1S/C10H11F6NO4/c11-9(12,13)7(19)17-5-3-1-2-4-6(18)21-8(20)10(14,15)16/h1-5H2,(H,17,19). The van der Waals surface area contributed by atoms with Crippen LogP contribution in [0.2, 0.25) is 0 Å². The molecule has 21 heavy (non-hydrogen) atoms. The lowest BCUT2D eigenvalue weighted by molar-refractivity contribution is -0.201. The van der Waals surface area contributed by atoms with Gasteiger partial charge in [-0.25, -0.2) is 4.79 Å². The molecule has 0 aromatic carbocycles. The van der Waals surface area contributed by atoms with Gasteiger partial charge in [0.25, 0.3) is 0 Å². The number of unbranched alkanes of at least 4 members (excludes halogenated alkanes) is 2. The average Bonchev–Trinajstić information content (AvgIpc) is 2.30. The number of nitrogens with one attached hydrogen (secondary N) is 1. The van der Waals surface area contributed by atoms with Gasteiger partial charge in [0.1, 0.15) is 0 Å². The summed E-state index contributed by atoms with van der Waals surface area (Å²) >= 11 is 0. The topological polar surface area (TPSA) is 72.5 Å². The third-order valence-electron chi connectivity index (χ3n) is 2.04. The highest BCUT2D eigenvalue weighted by molar-refractivity contribution is 5.88. The summed E-state index contributed by atoms with van der Waals surface area (Å²) in [7, 11) is 0. The van der Waals surface area contributed by atoms with Crippen LogP contribution < -0.4 is 5.32 Å². The lowest BCUT2D eigenvalue weighted by Crippen LogP contribution is -2.37. The Morgan fingerprint density at radius 1 is 0.857 bits per heavy atom. The van der Waals surface area contributed by atoms with Gasteiger partial charge in [-0.15, -0.1) is 0 Å². The van der Waals surface area contributed by atoms with E-state index in [1.165, 1.54) is 0 Å². The third kappa shape index (κ3) is 8.87. The van der Waals surface area contributed by atoms with E-state index in [2.05, 4.69) is 4.74 Å². The van der Waals surface area contributed by atoms with Crippen LogP contribution >= 0.6 is 0 Å². The van der Waals surface area contributed by atoms with Gasteiger partial charge < -0.3 is 10.1 Å².